The lowest BCUT2D eigenvalue weighted by atomic mass is 10.1. The Hall–Kier alpha value is -2.89. The summed E-state index contributed by atoms with van der Waals surface area (Å²) in [5.74, 6) is -0.183. The first-order valence-corrected chi connectivity index (χ1v) is 10.1. The van der Waals surface area contributed by atoms with Crippen LogP contribution in [0, 0.1) is 13.8 Å². The molecule has 0 unspecified atom stereocenters. The second-order valence-electron chi connectivity index (χ2n) is 7.23. The van der Waals surface area contributed by atoms with E-state index in [1.54, 1.807) is 17.9 Å². The van der Waals surface area contributed by atoms with E-state index in [1.807, 2.05) is 31.2 Å². The number of halogens is 1. The molecule has 0 saturated heterocycles. The lowest BCUT2D eigenvalue weighted by Gasteiger charge is -2.05. The molecule has 0 aliphatic heterocycles. The second-order valence-corrected chi connectivity index (χ2v) is 7.59. The van der Waals surface area contributed by atoms with Crippen LogP contribution in [0.15, 0.2) is 54.6 Å². The van der Waals surface area contributed by atoms with Gasteiger partial charge in [0.2, 0.25) is 5.91 Å². The number of nitrogens with zero attached hydrogens (tertiary/aromatic N) is 2. The Bertz CT molecular complexity index is 1020. The first-order chi connectivity index (χ1) is 14.5. The summed E-state index contributed by atoms with van der Waals surface area (Å²) in [5.41, 5.74) is 5.99. The van der Waals surface area contributed by atoms with Gasteiger partial charge in [0, 0.05) is 25.3 Å². The molecule has 0 aliphatic rings. The Balaban J connectivity index is 1.60. The van der Waals surface area contributed by atoms with Crippen molar-refractivity contribution in [2.45, 2.75) is 33.5 Å². The quantitative estimate of drug-likeness (QED) is 0.535. The molecule has 1 aromatic heterocycles. The van der Waals surface area contributed by atoms with Crippen molar-refractivity contribution in [3.8, 4) is 0 Å². The molecule has 0 aliphatic carbocycles. The summed E-state index contributed by atoms with van der Waals surface area (Å²) < 4.78 is 6.85. The Morgan fingerprint density at radius 1 is 1.07 bits per heavy atom. The van der Waals surface area contributed by atoms with Crippen LogP contribution in [0.3, 0.4) is 0 Å². The van der Waals surface area contributed by atoms with Crippen molar-refractivity contribution in [2.75, 3.05) is 7.11 Å². The molecule has 30 heavy (non-hydrogen) atoms. The first-order valence-electron chi connectivity index (χ1n) is 9.77. The normalized spacial score (nSPS) is 11.2. The molecular weight excluding hydrogens is 398 g/mol. The number of ether oxygens (including phenoxy) is 1. The van der Waals surface area contributed by atoms with Crippen molar-refractivity contribution in [1.29, 1.82) is 0 Å². The Labute approximate surface area is 182 Å². The van der Waals surface area contributed by atoms with Gasteiger partial charge in [-0.05, 0) is 36.6 Å². The summed E-state index contributed by atoms with van der Waals surface area (Å²) in [4.78, 5) is 12.2. The smallest absolute Gasteiger partial charge is 0.244 e. The molecule has 3 aromatic rings. The first kappa shape index (κ1) is 21.8. The van der Waals surface area contributed by atoms with Crippen molar-refractivity contribution in [3.05, 3.63) is 93.3 Å². The number of benzene rings is 2. The van der Waals surface area contributed by atoms with E-state index >= 15 is 0 Å². The van der Waals surface area contributed by atoms with E-state index in [-0.39, 0.29) is 5.91 Å². The molecule has 3 rings (SSSR count). The third kappa shape index (κ3) is 5.81. The van der Waals surface area contributed by atoms with Gasteiger partial charge in [-0.15, -0.1) is 0 Å². The van der Waals surface area contributed by atoms with Gasteiger partial charge in [-0.3, -0.25) is 4.79 Å². The molecule has 156 valence electrons. The van der Waals surface area contributed by atoms with Gasteiger partial charge < -0.3 is 10.1 Å². The number of carbonyl (C=O) groups excluding carboxylic acids is 1. The van der Waals surface area contributed by atoms with E-state index in [2.05, 4.69) is 41.6 Å². The van der Waals surface area contributed by atoms with Crippen LogP contribution in [0.25, 0.3) is 6.08 Å². The van der Waals surface area contributed by atoms with Gasteiger partial charge in [-0.1, -0.05) is 65.7 Å². The summed E-state index contributed by atoms with van der Waals surface area (Å²) >= 11 is 6.51. The maximum absolute atomic E-state index is 12.2. The Kier molecular flexibility index (Phi) is 7.44. The highest BCUT2D eigenvalue weighted by molar-refractivity contribution is 6.31. The van der Waals surface area contributed by atoms with Crippen molar-refractivity contribution >= 4 is 23.6 Å². The maximum atomic E-state index is 12.2. The van der Waals surface area contributed by atoms with Crippen LogP contribution >= 0.6 is 11.6 Å². The molecule has 2 aromatic carbocycles. The van der Waals surface area contributed by atoms with Gasteiger partial charge in [-0.25, -0.2) is 4.68 Å². The highest BCUT2D eigenvalue weighted by Gasteiger charge is 2.12. The fourth-order valence-electron chi connectivity index (χ4n) is 3.05. The highest BCUT2D eigenvalue weighted by atomic mass is 35.5. The summed E-state index contributed by atoms with van der Waals surface area (Å²) in [6.07, 6.45) is 3.21. The van der Waals surface area contributed by atoms with Gasteiger partial charge in [0.05, 0.1) is 18.8 Å². The van der Waals surface area contributed by atoms with Crippen molar-refractivity contribution in [3.63, 3.8) is 0 Å². The summed E-state index contributed by atoms with van der Waals surface area (Å²) in [7, 11) is 1.67. The molecule has 0 bridgehead atoms. The van der Waals surface area contributed by atoms with E-state index in [0.717, 1.165) is 27.9 Å². The van der Waals surface area contributed by atoms with Gasteiger partial charge >= 0.3 is 0 Å². The molecule has 0 spiro atoms. The van der Waals surface area contributed by atoms with Crippen molar-refractivity contribution < 1.29 is 9.53 Å². The third-order valence-electron chi connectivity index (χ3n) is 4.76. The zero-order chi connectivity index (χ0) is 21.5. The molecule has 0 radical (unpaired) electrons. The largest absolute Gasteiger partial charge is 0.380 e. The van der Waals surface area contributed by atoms with Crippen LogP contribution in [0.5, 0.6) is 0 Å². The van der Waals surface area contributed by atoms with Crippen LogP contribution in [0.4, 0.5) is 0 Å². The summed E-state index contributed by atoms with van der Waals surface area (Å²) in [5, 5.41) is 7.92. The van der Waals surface area contributed by atoms with Gasteiger partial charge in [0.25, 0.3) is 0 Å². The summed E-state index contributed by atoms with van der Waals surface area (Å²) in [6, 6.07) is 16.2. The molecule has 1 amide bonds. The lowest BCUT2D eigenvalue weighted by molar-refractivity contribution is -0.116. The number of hydrogen-bond acceptors (Lipinski definition) is 3. The molecular formula is C24H26ClN3O2. The zero-order valence-corrected chi connectivity index (χ0v) is 18.2. The van der Waals surface area contributed by atoms with Gasteiger partial charge in [-0.2, -0.15) is 5.10 Å². The fraction of sp³-hybridized carbons (Fsp3) is 0.250. The monoisotopic (exact) mass is 423 g/mol. The van der Waals surface area contributed by atoms with E-state index in [1.165, 1.54) is 11.6 Å². The van der Waals surface area contributed by atoms with E-state index < -0.39 is 0 Å². The minimum absolute atomic E-state index is 0.183. The molecule has 0 atom stereocenters. The SMILES string of the molecule is COCc1ccc(CNC(=O)/C=C/c2c(C)nn(Cc3ccc(C)cc3)c2Cl)cc1. The highest BCUT2D eigenvalue weighted by Crippen LogP contribution is 2.22. The van der Waals surface area contributed by atoms with Crippen molar-refractivity contribution in [2.24, 2.45) is 0 Å². The average Bonchev–Trinajstić information content (AvgIpc) is 3.00. The van der Waals surface area contributed by atoms with Crippen LogP contribution in [-0.4, -0.2) is 22.8 Å². The molecule has 0 fully saturated rings. The topological polar surface area (TPSA) is 56.1 Å². The molecule has 0 saturated carbocycles. The minimum atomic E-state index is -0.183. The fourth-order valence-corrected chi connectivity index (χ4v) is 3.35. The van der Waals surface area contributed by atoms with Crippen LogP contribution in [-0.2, 0) is 29.2 Å². The molecule has 1 N–H and O–H groups in total. The number of rotatable bonds is 8. The molecule has 5 nitrogen and oxygen atoms in total. The zero-order valence-electron chi connectivity index (χ0n) is 17.5. The molecule has 6 heteroatoms. The number of carbonyl (C=O) groups is 1. The van der Waals surface area contributed by atoms with Crippen molar-refractivity contribution in [1.82, 2.24) is 15.1 Å². The number of nitrogens with one attached hydrogen (secondary N) is 1. The van der Waals surface area contributed by atoms with Crippen LogP contribution in [0.2, 0.25) is 5.15 Å². The standard InChI is InChI=1S/C24H26ClN3O2/c1-17-4-6-20(7-5-17)15-28-24(25)22(18(2)27-28)12-13-23(29)26-14-19-8-10-21(11-9-19)16-30-3/h4-13H,14-16H2,1-3H3,(H,26,29)/b13-12+. The number of hydrogen-bond donors (Lipinski definition) is 1. The number of aryl methyl sites for hydroxylation is 2. The molecule has 1 heterocycles. The van der Waals surface area contributed by atoms with Crippen LogP contribution in [0.1, 0.15) is 33.5 Å². The van der Waals surface area contributed by atoms with Gasteiger partial charge in [0.15, 0.2) is 0 Å². The predicted octanol–water partition coefficient (Wildman–Crippen LogP) is 4.68. The Morgan fingerprint density at radius 3 is 2.37 bits per heavy atom. The number of amides is 1. The van der Waals surface area contributed by atoms with E-state index in [4.69, 9.17) is 16.3 Å². The number of methoxy groups -OCH3 is 1. The Morgan fingerprint density at radius 2 is 1.70 bits per heavy atom. The summed E-state index contributed by atoms with van der Waals surface area (Å²) in [6.45, 7) is 5.55. The predicted molar refractivity (Wildman–Crippen MR) is 120 cm³/mol. The van der Waals surface area contributed by atoms with E-state index in [0.29, 0.717) is 24.8 Å². The third-order valence-corrected chi connectivity index (χ3v) is 5.16. The second kappa shape index (κ2) is 10.2. The lowest BCUT2D eigenvalue weighted by Crippen LogP contribution is -2.20. The van der Waals surface area contributed by atoms with E-state index in [9.17, 15) is 4.79 Å². The minimum Gasteiger partial charge on any atom is -0.380 e. The average molecular weight is 424 g/mol. The number of aromatic nitrogens is 2. The maximum Gasteiger partial charge on any atom is 0.244 e. The van der Waals surface area contributed by atoms with Crippen LogP contribution < -0.4 is 5.32 Å². The van der Waals surface area contributed by atoms with Gasteiger partial charge in [0.1, 0.15) is 5.15 Å².